The number of ether oxygens (including phenoxy) is 1. The molecule has 2 N–H and O–H groups in total. The fraction of sp³-hybridized carbons (Fsp3) is 0.889. The zero-order valence-electron chi connectivity index (χ0n) is 16.5. The molecule has 24 heavy (non-hydrogen) atoms. The van der Waals surface area contributed by atoms with E-state index in [1.54, 1.807) is 7.05 Å². The summed E-state index contributed by atoms with van der Waals surface area (Å²) in [6.45, 7) is 15.0. The Bertz CT molecular complexity index is 435. The minimum atomic E-state index is -0.465. The molecule has 1 amide bonds. The van der Waals surface area contributed by atoms with Gasteiger partial charge in [0.25, 0.3) is 0 Å². The lowest BCUT2D eigenvalue weighted by atomic mass is 9.91. The number of hydrogen-bond acceptors (Lipinski definition) is 3. The molecule has 0 bridgehead atoms. The Morgan fingerprint density at radius 3 is 2.46 bits per heavy atom. The number of carbonyl (C=O) groups excluding carboxylic acids is 1. The van der Waals surface area contributed by atoms with E-state index in [-0.39, 0.29) is 12.1 Å². The average molecular weight is 341 g/mol. The Kier molecular flexibility index (Phi) is 7.36. The summed E-state index contributed by atoms with van der Waals surface area (Å²) in [5.41, 5.74) is -0.103. The highest BCUT2D eigenvalue weighted by molar-refractivity contribution is 5.80. The molecule has 0 aromatic carbocycles. The lowest BCUT2D eigenvalue weighted by molar-refractivity contribution is 0.0507. The van der Waals surface area contributed by atoms with E-state index in [0.717, 1.165) is 38.4 Å². The second kappa shape index (κ2) is 8.58. The Hall–Kier alpha value is -1.46. The molecule has 1 atom stereocenters. The maximum atomic E-state index is 11.9. The van der Waals surface area contributed by atoms with Gasteiger partial charge in [-0.1, -0.05) is 20.8 Å². The molecular weight excluding hydrogens is 304 g/mol. The molecule has 0 aromatic heterocycles. The predicted molar refractivity (Wildman–Crippen MR) is 99.4 cm³/mol. The monoisotopic (exact) mass is 340 g/mol. The van der Waals surface area contributed by atoms with Crippen LogP contribution in [0.1, 0.15) is 60.8 Å². The third kappa shape index (κ3) is 8.41. The van der Waals surface area contributed by atoms with E-state index in [9.17, 15) is 4.79 Å². The number of aliphatic imine (C=N–C) groups is 1. The van der Waals surface area contributed by atoms with Gasteiger partial charge in [0.05, 0.1) is 6.04 Å². The molecule has 0 aromatic rings. The van der Waals surface area contributed by atoms with Crippen molar-refractivity contribution in [2.45, 2.75) is 72.4 Å². The molecule has 1 aliphatic heterocycles. The van der Waals surface area contributed by atoms with Crippen molar-refractivity contribution in [3.05, 3.63) is 0 Å². The summed E-state index contributed by atoms with van der Waals surface area (Å²) in [6, 6.07) is 0.105. The zero-order valence-corrected chi connectivity index (χ0v) is 16.5. The van der Waals surface area contributed by atoms with Crippen LogP contribution >= 0.6 is 0 Å². The Labute approximate surface area is 147 Å². The van der Waals surface area contributed by atoms with Crippen molar-refractivity contribution in [3.8, 4) is 0 Å². The highest BCUT2D eigenvalue weighted by Gasteiger charge is 2.27. The van der Waals surface area contributed by atoms with Gasteiger partial charge in [0, 0.05) is 26.7 Å². The minimum absolute atomic E-state index is 0.105. The third-order valence-electron chi connectivity index (χ3n) is 3.81. The van der Waals surface area contributed by atoms with Gasteiger partial charge in [-0.25, -0.2) is 4.79 Å². The molecule has 0 spiro atoms. The molecule has 1 aliphatic rings. The summed E-state index contributed by atoms with van der Waals surface area (Å²) in [5.74, 6) is 0.914. The fourth-order valence-electron chi connectivity index (χ4n) is 2.70. The molecule has 0 radical (unpaired) electrons. The third-order valence-corrected chi connectivity index (χ3v) is 3.81. The van der Waals surface area contributed by atoms with Crippen LogP contribution in [0.25, 0.3) is 0 Å². The first-order valence-corrected chi connectivity index (χ1v) is 8.95. The van der Waals surface area contributed by atoms with E-state index in [4.69, 9.17) is 4.74 Å². The summed E-state index contributed by atoms with van der Waals surface area (Å²) < 4.78 is 5.32. The maximum absolute atomic E-state index is 11.9. The normalized spacial score (nSPS) is 19.4. The second-order valence-corrected chi connectivity index (χ2v) is 8.72. The number of rotatable bonds is 4. The van der Waals surface area contributed by atoms with Crippen molar-refractivity contribution in [1.82, 2.24) is 15.5 Å². The highest BCUT2D eigenvalue weighted by Crippen LogP contribution is 2.20. The standard InChI is InChI=1S/C18H36N4O2/c1-17(2,3)10-8-11-20-15(19-7)22-12-9-14(13-22)21-16(23)24-18(4,5)6/h14H,8-13H2,1-7H3,(H,19,20)(H,21,23). The van der Waals surface area contributed by atoms with Gasteiger partial charge in [0.2, 0.25) is 0 Å². The van der Waals surface area contributed by atoms with Gasteiger partial charge < -0.3 is 20.3 Å². The molecule has 0 aliphatic carbocycles. The lowest BCUT2D eigenvalue weighted by Crippen LogP contribution is -2.44. The number of carbonyl (C=O) groups is 1. The van der Waals surface area contributed by atoms with Crippen LogP contribution in [0, 0.1) is 5.41 Å². The summed E-state index contributed by atoms with van der Waals surface area (Å²) in [4.78, 5) is 18.4. The molecule has 6 nitrogen and oxygen atoms in total. The van der Waals surface area contributed by atoms with Crippen molar-refractivity contribution < 1.29 is 9.53 Å². The highest BCUT2D eigenvalue weighted by atomic mass is 16.6. The van der Waals surface area contributed by atoms with Crippen LogP contribution in [0.15, 0.2) is 4.99 Å². The van der Waals surface area contributed by atoms with Gasteiger partial charge >= 0.3 is 6.09 Å². The zero-order chi connectivity index (χ0) is 18.4. The SMILES string of the molecule is CN=C(NCCCC(C)(C)C)N1CCC(NC(=O)OC(C)(C)C)C1. The second-order valence-electron chi connectivity index (χ2n) is 8.72. The first kappa shape index (κ1) is 20.6. The molecule has 1 heterocycles. The largest absolute Gasteiger partial charge is 0.444 e. The van der Waals surface area contributed by atoms with Crippen molar-refractivity contribution in [2.75, 3.05) is 26.7 Å². The van der Waals surface area contributed by atoms with Gasteiger partial charge in [-0.3, -0.25) is 4.99 Å². The molecule has 1 fully saturated rings. The first-order chi connectivity index (χ1) is 11.0. The van der Waals surface area contributed by atoms with E-state index in [1.165, 1.54) is 6.42 Å². The molecule has 0 saturated carbocycles. The number of amides is 1. The van der Waals surface area contributed by atoms with E-state index in [2.05, 4.69) is 41.3 Å². The Morgan fingerprint density at radius 2 is 1.92 bits per heavy atom. The Balaban J connectivity index is 2.36. The Morgan fingerprint density at radius 1 is 1.25 bits per heavy atom. The summed E-state index contributed by atoms with van der Waals surface area (Å²) >= 11 is 0. The molecule has 6 heteroatoms. The van der Waals surface area contributed by atoms with Crippen LogP contribution in [0.5, 0.6) is 0 Å². The fourth-order valence-corrected chi connectivity index (χ4v) is 2.70. The molecule has 1 saturated heterocycles. The minimum Gasteiger partial charge on any atom is -0.444 e. The predicted octanol–water partition coefficient (Wildman–Crippen LogP) is 2.99. The van der Waals surface area contributed by atoms with Crippen LogP contribution in [0.4, 0.5) is 4.79 Å². The first-order valence-electron chi connectivity index (χ1n) is 8.95. The number of likely N-dealkylation sites (tertiary alicyclic amines) is 1. The van der Waals surface area contributed by atoms with Crippen molar-refractivity contribution in [3.63, 3.8) is 0 Å². The number of nitrogens with one attached hydrogen (secondary N) is 2. The number of alkyl carbamates (subject to hydrolysis) is 1. The topological polar surface area (TPSA) is 66.0 Å². The number of guanidine groups is 1. The van der Waals surface area contributed by atoms with Gasteiger partial charge in [0.15, 0.2) is 5.96 Å². The van der Waals surface area contributed by atoms with Gasteiger partial charge in [-0.05, 0) is 45.4 Å². The van der Waals surface area contributed by atoms with Crippen LogP contribution in [0.3, 0.4) is 0 Å². The van der Waals surface area contributed by atoms with Crippen molar-refractivity contribution in [2.24, 2.45) is 10.4 Å². The van der Waals surface area contributed by atoms with Gasteiger partial charge in [-0.2, -0.15) is 0 Å². The summed E-state index contributed by atoms with van der Waals surface area (Å²) in [5, 5.41) is 6.37. The maximum Gasteiger partial charge on any atom is 0.407 e. The van der Waals surface area contributed by atoms with Crippen LogP contribution < -0.4 is 10.6 Å². The molecule has 140 valence electrons. The van der Waals surface area contributed by atoms with Crippen LogP contribution in [0.2, 0.25) is 0 Å². The van der Waals surface area contributed by atoms with E-state index in [1.807, 2.05) is 20.8 Å². The van der Waals surface area contributed by atoms with E-state index < -0.39 is 5.60 Å². The number of nitrogens with zero attached hydrogens (tertiary/aromatic N) is 2. The van der Waals surface area contributed by atoms with Gasteiger partial charge in [-0.15, -0.1) is 0 Å². The van der Waals surface area contributed by atoms with Gasteiger partial charge in [0.1, 0.15) is 5.60 Å². The number of hydrogen-bond donors (Lipinski definition) is 2. The summed E-state index contributed by atoms with van der Waals surface area (Å²) in [6.07, 6.45) is 2.86. The van der Waals surface area contributed by atoms with Crippen LogP contribution in [-0.4, -0.2) is 55.3 Å². The molecule has 1 rings (SSSR count). The van der Waals surface area contributed by atoms with E-state index >= 15 is 0 Å². The van der Waals surface area contributed by atoms with E-state index in [0.29, 0.717) is 5.41 Å². The average Bonchev–Trinajstić information content (AvgIpc) is 2.83. The molecule has 1 unspecified atom stereocenters. The summed E-state index contributed by atoms with van der Waals surface area (Å²) in [7, 11) is 1.81. The molecular formula is C18H36N4O2. The van der Waals surface area contributed by atoms with Crippen molar-refractivity contribution >= 4 is 12.1 Å². The van der Waals surface area contributed by atoms with Crippen molar-refractivity contribution in [1.29, 1.82) is 0 Å². The lowest BCUT2D eigenvalue weighted by Gasteiger charge is -2.24. The van der Waals surface area contributed by atoms with Crippen LogP contribution in [-0.2, 0) is 4.74 Å². The smallest absolute Gasteiger partial charge is 0.407 e. The quantitative estimate of drug-likeness (QED) is 0.469.